The van der Waals surface area contributed by atoms with Crippen molar-refractivity contribution in [1.82, 2.24) is 9.80 Å². The van der Waals surface area contributed by atoms with Gasteiger partial charge in [-0.05, 0) is 20.4 Å². The van der Waals surface area contributed by atoms with Gasteiger partial charge in [0.2, 0.25) is 0 Å². The van der Waals surface area contributed by atoms with Crippen LogP contribution in [0.2, 0.25) is 0 Å². The molecule has 2 atom stereocenters. The highest BCUT2D eigenvalue weighted by molar-refractivity contribution is 5.09. The van der Waals surface area contributed by atoms with E-state index in [2.05, 4.69) is 44.4 Å². The maximum Gasteiger partial charge on any atom is 0.00567 e. The van der Waals surface area contributed by atoms with Gasteiger partial charge in [0.15, 0.2) is 0 Å². The number of rotatable bonds is 2. The molecule has 2 nitrogen and oxygen atoms in total. The molecule has 2 fully saturated rings. The van der Waals surface area contributed by atoms with E-state index in [4.69, 9.17) is 0 Å². The van der Waals surface area contributed by atoms with Crippen molar-refractivity contribution in [3.8, 4) is 0 Å². The monoisotopic (exact) mass is 210 g/mol. The minimum absolute atomic E-state index is 0.521. The highest BCUT2D eigenvalue weighted by Crippen LogP contribution is 2.51. The first-order valence-corrected chi connectivity index (χ1v) is 6.37. The van der Waals surface area contributed by atoms with E-state index in [-0.39, 0.29) is 0 Å². The molecule has 0 spiro atoms. The Bertz CT molecular complexity index is 231. The maximum absolute atomic E-state index is 2.66. The molecule has 0 amide bonds. The van der Waals surface area contributed by atoms with Crippen LogP contribution in [0.25, 0.3) is 0 Å². The van der Waals surface area contributed by atoms with Gasteiger partial charge in [-0.3, -0.25) is 4.90 Å². The van der Waals surface area contributed by atoms with Crippen LogP contribution in [0, 0.1) is 10.8 Å². The van der Waals surface area contributed by atoms with Crippen LogP contribution in [0.1, 0.15) is 34.6 Å². The standard InChI is InChI=1S/C13H26N2/c1-6-14-7-12(4)9-15(11(2)3)10-13(12,5)8-14/h11H,6-10H2,1-5H3/t12-,13+. The van der Waals surface area contributed by atoms with Crippen molar-refractivity contribution < 1.29 is 0 Å². The summed E-state index contributed by atoms with van der Waals surface area (Å²) in [5.41, 5.74) is 1.04. The van der Waals surface area contributed by atoms with Gasteiger partial charge in [0.25, 0.3) is 0 Å². The molecule has 2 heteroatoms. The fraction of sp³-hybridized carbons (Fsp3) is 1.00. The predicted octanol–water partition coefficient (Wildman–Crippen LogP) is 2.06. The molecule has 0 unspecified atom stereocenters. The molecule has 0 N–H and O–H groups in total. The number of hydrogen-bond donors (Lipinski definition) is 0. The summed E-state index contributed by atoms with van der Waals surface area (Å²) in [4.78, 5) is 5.28. The average molecular weight is 210 g/mol. The largest absolute Gasteiger partial charge is 0.302 e. The maximum atomic E-state index is 2.66. The molecule has 0 aromatic heterocycles. The summed E-state index contributed by atoms with van der Waals surface area (Å²) in [5, 5.41) is 0. The van der Waals surface area contributed by atoms with Gasteiger partial charge in [-0.15, -0.1) is 0 Å². The first-order valence-electron chi connectivity index (χ1n) is 6.37. The van der Waals surface area contributed by atoms with Gasteiger partial charge in [-0.1, -0.05) is 20.8 Å². The zero-order valence-corrected chi connectivity index (χ0v) is 11.0. The second-order valence-corrected chi connectivity index (χ2v) is 6.42. The zero-order chi connectivity index (χ0) is 11.3. The molecule has 2 saturated heterocycles. The Hall–Kier alpha value is -0.0800. The van der Waals surface area contributed by atoms with Crippen molar-refractivity contribution in [3.05, 3.63) is 0 Å². The molecule has 0 aromatic rings. The Balaban J connectivity index is 2.15. The molecular formula is C13H26N2. The number of likely N-dealkylation sites (tertiary alicyclic amines) is 2. The molecule has 88 valence electrons. The van der Waals surface area contributed by atoms with E-state index in [1.165, 1.54) is 32.7 Å². The van der Waals surface area contributed by atoms with Gasteiger partial charge in [0.1, 0.15) is 0 Å². The Morgan fingerprint density at radius 3 is 1.80 bits per heavy atom. The summed E-state index contributed by atoms with van der Waals surface area (Å²) in [6.45, 7) is 18.3. The van der Waals surface area contributed by atoms with E-state index in [0.29, 0.717) is 16.9 Å². The summed E-state index contributed by atoms with van der Waals surface area (Å²) in [6, 6.07) is 0.708. The van der Waals surface area contributed by atoms with E-state index >= 15 is 0 Å². The van der Waals surface area contributed by atoms with Crippen molar-refractivity contribution in [1.29, 1.82) is 0 Å². The first kappa shape index (κ1) is 11.4. The first-order chi connectivity index (χ1) is 6.90. The minimum Gasteiger partial charge on any atom is -0.302 e. The van der Waals surface area contributed by atoms with Crippen LogP contribution in [0.4, 0.5) is 0 Å². The fourth-order valence-corrected chi connectivity index (χ4v) is 3.45. The zero-order valence-electron chi connectivity index (χ0n) is 11.0. The van der Waals surface area contributed by atoms with Gasteiger partial charge >= 0.3 is 0 Å². The Labute approximate surface area is 94.6 Å². The van der Waals surface area contributed by atoms with Crippen molar-refractivity contribution >= 4 is 0 Å². The summed E-state index contributed by atoms with van der Waals surface area (Å²) in [7, 11) is 0. The fourth-order valence-electron chi connectivity index (χ4n) is 3.45. The van der Waals surface area contributed by atoms with Crippen LogP contribution in [0.5, 0.6) is 0 Å². The third-order valence-corrected chi connectivity index (χ3v) is 4.88. The Morgan fingerprint density at radius 1 is 1.00 bits per heavy atom. The minimum atomic E-state index is 0.521. The van der Waals surface area contributed by atoms with Crippen molar-refractivity contribution in [2.45, 2.75) is 40.7 Å². The van der Waals surface area contributed by atoms with Gasteiger partial charge in [-0.25, -0.2) is 0 Å². The van der Waals surface area contributed by atoms with Crippen molar-refractivity contribution in [2.24, 2.45) is 10.8 Å². The van der Waals surface area contributed by atoms with Crippen LogP contribution in [-0.4, -0.2) is 48.6 Å². The molecule has 2 rings (SSSR count). The molecule has 15 heavy (non-hydrogen) atoms. The Morgan fingerprint density at radius 2 is 1.47 bits per heavy atom. The van der Waals surface area contributed by atoms with Crippen LogP contribution >= 0.6 is 0 Å². The Kier molecular flexibility index (Phi) is 2.63. The lowest BCUT2D eigenvalue weighted by molar-refractivity contribution is 0.202. The molecule has 0 aliphatic carbocycles. The molecule has 0 bridgehead atoms. The normalized spacial score (nSPS) is 42.8. The van der Waals surface area contributed by atoms with Crippen LogP contribution in [0.3, 0.4) is 0 Å². The number of nitrogens with zero attached hydrogens (tertiary/aromatic N) is 2. The van der Waals surface area contributed by atoms with E-state index < -0.39 is 0 Å². The highest BCUT2D eigenvalue weighted by atomic mass is 15.3. The third kappa shape index (κ3) is 1.62. The second kappa shape index (κ2) is 3.46. The van der Waals surface area contributed by atoms with Gasteiger partial charge < -0.3 is 4.90 Å². The van der Waals surface area contributed by atoms with Crippen LogP contribution < -0.4 is 0 Å². The SMILES string of the molecule is CCN1C[C@@]2(C)CN(C(C)C)C[C@@]2(C)C1. The van der Waals surface area contributed by atoms with Crippen LogP contribution in [0.15, 0.2) is 0 Å². The molecule has 2 heterocycles. The molecular weight excluding hydrogens is 184 g/mol. The molecule has 2 aliphatic heterocycles. The third-order valence-electron chi connectivity index (χ3n) is 4.88. The second-order valence-electron chi connectivity index (χ2n) is 6.42. The lowest BCUT2D eigenvalue weighted by atomic mass is 9.71. The highest BCUT2D eigenvalue weighted by Gasteiger charge is 2.57. The number of fused-ring (bicyclic) bond motifs is 1. The molecule has 0 radical (unpaired) electrons. The summed E-state index contributed by atoms with van der Waals surface area (Å²) in [6.07, 6.45) is 0. The van der Waals surface area contributed by atoms with E-state index in [0.717, 1.165) is 0 Å². The van der Waals surface area contributed by atoms with Gasteiger partial charge in [0, 0.05) is 43.1 Å². The quantitative estimate of drug-likeness (QED) is 0.688. The molecule has 2 aliphatic rings. The van der Waals surface area contributed by atoms with Crippen LogP contribution in [-0.2, 0) is 0 Å². The van der Waals surface area contributed by atoms with Crippen molar-refractivity contribution in [2.75, 3.05) is 32.7 Å². The lowest BCUT2D eigenvalue weighted by Crippen LogP contribution is -2.35. The van der Waals surface area contributed by atoms with Gasteiger partial charge in [0.05, 0.1) is 0 Å². The summed E-state index contributed by atoms with van der Waals surface area (Å²) < 4.78 is 0. The summed E-state index contributed by atoms with van der Waals surface area (Å²) in [5.74, 6) is 0. The van der Waals surface area contributed by atoms with E-state index in [9.17, 15) is 0 Å². The van der Waals surface area contributed by atoms with E-state index in [1.54, 1.807) is 0 Å². The average Bonchev–Trinajstić information content (AvgIpc) is 2.50. The molecule has 0 saturated carbocycles. The summed E-state index contributed by atoms with van der Waals surface area (Å²) >= 11 is 0. The smallest absolute Gasteiger partial charge is 0.00567 e. The van der Waals surface area contributed by atoms with Gasteiger partial charge in [-0.2, -0.15) is 0 Å². The lowest BCUT2D eigenvalue weighted by Gasteiger charge is -2.31. The number of hydrogen-bond acceptors (Lipinski definition) is 2. The van der Waals surface area contributed by atoms with Crippen molar-refractivity contribution in [3.63, 3.8) is 0 Å². The molecule has 0 aromatic carbocycles. The van der Waals surface area contributed by atoms with E-state index in [1.807, 2.05) is 0 Å². The topological polar surface area (TPSA) is 6.48 Å². The predicted molar refractivity (Wildman–Crippen MR) is 65.0 cm³/mol.